The van der Waals surface area contributed by atoms with Crippen LogP contribution in [0.25, 0.3) is 0 Å². The summed E-state index contributed by atoms with van der Waals surface area (Å²) in [5, 5.41) is 0. The van der Waals surface area contributed by atoms with E-state index >= 15 is 0 Å². The minimum Gasteiger partial charge on any atom is -0.433 e. The van der Waals surface area contributed by atoms with Crippen molar-refractivity contribution in [1.29, 1.82) is 0 Å². The molecule has 1 aliphatic carbocycles. The molecule has 4 rings (SSSR count). The fourth-order valence-corrected chi connectivity index (χ4v) is 5.52. The number of rotatable bonds is 4. The van der Waals surface area contributed by atoms with Crippen LogP contribution in [0.15, 0.2) is 30.3 Å². The second-order valence-corrected chi connectivity index (χ2v) is 8.36. The van der Waals surface area contributed by atoms with Crippen molar-refractivity contribution in [2.24, 2.45) is 23.7 Å². The van der Waals surface area contributed by atoms with E-state index in [1.54, 1.807) is 0 Å². The summed E-state index contributed by atoms with van der Waals surface area (Å²) in [7, 11) is 0. The monoisotopic (exact) mass is 374 g/mol. The third-order valence-electron chi connectivity index (χ3n) is 6.78. The molecule has 0 N–H and O–H groups in total. The highest BCUT2D eigenvalue weighted by Gasteiger charge is 2.65. The Kier molecular flexibility index (Phi) is 5.28. The molecule has 0 radical (unpaired) electrons. The minimum absolute atomic E-state index is 0.175. The van der Waals surface area contributed by atoms with Gasteiger partial charge in [-0.3, -0.25) is 4.79 Å². The van der Waals surface area contributed by atoms with Crippen LogP contribution in [0.4, 0.5) is 0 Å². The second-order valence-electron chi connectivity index (χ2n) is 8.36. The summed E-state index contributed by atoms with van der Waals surface area (Å²) in [5.41, 5.74) is 0.569. The van der Waals surface area contributed by atoms with Gasteiger partial charge in [0, 0.05) is 25.4 Å². The molecular weight excluding hydrogens is 344 g/mol. The van der Waals surface area contributed by atoms with Crippen molar-refractivity contribution in [3.05, 3.63) is 35.9 Å². The lowest BCUT2D eigenvalue weighted by Crippen LogP contribution is -2.66. The van der Waals surface area contributed by atoms with Gasteiger partial charge >= 0.3 is 5.97 Å². The van der Waals surface area contributed by atoms with Crippen molar-refractivity contribution in [3.63, 3.8) is 0 Å². The highest BCUT2D eigenvalue weighted by Crippen LogP contribution is 2.57. The van der Waals surface area contributed by atoms with Gasteiger partial charge in [0.05, 0.1) is 6.61 Å². The van der Waals surface area contributed by atoms with Crippen LogP contribution in [-0.2, 0) is 30.3 Å². The number of esters is 1. The van der Waals surface area contributed by atoms with E-state index in [9.17, 15) is 4.79 Å². The Morgan fingerprint density at radius 2 is 1.93 bits per heavy atom. The second kappa shape index (κ2) is 7.53. The first kappa shape index (κ1) is 18.9. The Balaban J connectivity index is 1.58. The molecular formula is C22H30O5. The molecule has 1 unspecified atom stereocenters. The number of hydrogen-bond acceptors (Lipinski definition) is 5. The Morgan fingerprint density at radius 1 is 1.15 bits per heavy atom. The average molecular weight is 374 g/mol. The number of benzene rings is 1. The van der Waals surface area contributed by atoms with E-state index in [2.05, 4.69) is 13.8 Å². The van der Waals surface area contributed by atoms with Gasteiger partial charge < -0.3 is 18.9 Å². The lowest BCUT2D eigenvalue weighted by molar-refractivity contribution is -0.370. The van der Waals surface area contributed by atoms with Gasteiger partial charge in [0.2, 0.25) is 6.29 Å². The maximum atomic E-state index is 11.8. The summed E-state index contributed by atoms with van der Waals surface area (Å²) < 4.78 is 24.4. The molecule has 3 fully saturated rings. The summed E-state index contributed by atoms with van der Waals surface area (Å²) in [4.78, 5) is 11.8. The molecule has 0 bridgehead atoms. The Hall–Kier alpha value is -1.43. The highest BCUT2D eigenvalue weighted by molar-refractivity contribution is 5.66. The maximum absolute atomic E-state index is 11.8. The third kappa shape index (κ3) is 3.30. The predicted octanol–water partition coefficient (Wildman–Crippen LogP) is 3.91. The molecule has 2 aliphatic heterocycles. The molecule has 2 heterocycles. The van der Waals surface area contributed by atoms with Crippen molar-refractivity contribution in [2.45, 2.75) is 64.8 Å². The van der Waals surface area contributed by atoms with E-state index in [4.69, 9.17) is 18.9 Å². The molecule has 3 aliphatic rings. The van der Waals surface area contributed by atoms with Crippen molar-refractivity contribution in [2.75, 3.05) is 6.61 Å². The quantitative estimate of drug-likeness (QED) is 0.748. The summed E-state index contributed by atoms with van der Waals surface area (Å²) in [6, 6.07) is 10.1. The number of hydrogen-bond donors (Lipinski definition) is 0. The average Bonchev–Trinajstić information content (AvgIpc) is 3.10. The fourth-order valence-electron chi connectivity index (χ4n) is 5.52. The maximum Gasteiger partial charge on any atom is 0.305 e. The van der Waals surface area contributed by atoms with Gasteiger partial charge in [0.25, 0.3) is 0 Å². The molecule has 1 spiro atoms. The van der Waals surface area contributed by atoms with Gasteiger partial charge in [0.1, 0.15) is 5.60 Å². The molecule has 5 heteroatoms. The molecule has 5 nitrogen and oxygen atoms in total. The Morgan fingerprint density at radius 3 is 2.67 bits per heavy atom. The first-order valence-corrected chi connectivity index (χ1v) is 10.1. The predicted molar refractivity (Wildman–Crippen MR) is 99.5 cm³/mol. The Labute approximate surface area is 161 Å². The summed E-state index contributed by atoms with van der Waals surface area (Å²) in [6.07, 6.45) is 2.10. The van der Waals surface area contributed by atoms with Crippen LogP contribution in [0.2, 0.25) is 0 Å². The fraction of sp³-hybridized carbons (Fsp3) is 0.682. The molecule has 1 aromatic rings. The van der Waals surface area contributed by atoms with E-state index in [0.717, 1.165) is 18.4 Å². The van der Waals surface area contributed by atoms with E-state index < -0.39 is 18.2 Å². The summed E-state index contributed by atoms with van der Waals surface area (Å²) in [6.45, 7) is 7.08. The summed E-state index contributed by atoms with van der Waals surface area (Å²) >= 11 is 0. The van der Waals surface area contributed by atoms with Crippen molar-refractivity contribution in [1.82, 2.24) is 0 Å². The lowest BCUT2D eigenvalue weighted by Gasteiger charge is -2.56. The van der Waals surface area contributed by atoms with Crippen LogP contribution in [-0.4, -0.2) is 30.8 Å². The van der Waals surface area contributed by atoms with Crippen molar-refractivity contribution < 1.29 is 23.7 Å². The molecule has 1 aromatic carbocycles. The standard InChI is InChI=1S/C22H30O5/c1-14-9-10-19-15(2)20(24-13-17-7-5-4-6-8-17)27-21(26-16(3)23)22(19)18(14)11-12-25-22/h4-8,14-15,18-21H,9-13H2,1-3H3/t14-,15-,18+,19+,20?,21+,22-/m1/s1. The lowest BCUT2D eigenvalue weighted by atomic mass is 9.59. The van der Waals surface area contributed by atoms with Crippen molar-refractivity contribution >= 4 is 5.97 Å². The van der Waals surface area contributed by atoms with Gasteiger partial charge in [-0.05, 0) is 36.7 Å². The van der Waals surface area contributed by atoms with Gasteiger partial charge in [-0.15, -0.1) is 0 Å². The number of carbonyl (C=O) groups excluding carboxylic acids is 1. The number of ether oxygens (including phenoxy) is 4. The van der Waals surface area contributed by atoms with Crippen LogP contribution < -0.4 is 0 Å². The molecule has 2 saturated heterocycles. The van der Waals surface area contributed by atoms with Gasteiger partial charge in [0.15, 0.2) is 6.29 Å². The van der Waals surface area contributed by atoms with Crippen LogP contribution in [0.3, 0.4) is 0 Å². The van der Waals surface area contributed by atoms with E-state index in [1.807, 2.05) is 30.3 Å². The minimum atomic E-state index is -0.702. The molecule has 0 amide bonds. The molecule has 1 saturated carbocycles. The zero-order valence-corrected chi connectivity index (χ0v) is 16.4. The Bertz CT molecular complexity index is 662. The van der Waals surface area contributed by atoms with Gasteiger partial charge in [-0.25, -0.2) is 0 Å². The van der Waals surface area contributed by atoms with E-state index in [-0.39, 0.29) is 17.8 Å². The molecule has 7 atom stereocenters. The summed E-state index contributed by atoms with van der Waals surface area (Å²) in [5.74, 6) is 1.00. The first-order valence-electron chi connectivity index (χ1n) is 10.1. The van der Waals surface area contributed by atoms with Crippen LogP contribution in [0.5, 0.6) is 0 Å². The highest BCUT2D eigenvalue weighted by atomic mass is 16.8. The molecule has 27 heavy (non-hydrogen) atoms. The van der Waals surface area contributed by atoms with E-state index in [0.29, 0.717) is 25.0 Å². The smallest absolute Gasteiger partial charge is 0.305 e. The SMILES string of the molecule is CC(=O)O[C@H]1OC(OCc2ccccc2)[C@H](C)[C@@H]2CC[C@@H](C)[C@@H]3CCO[C@]132. The van der Waals surface area contributed by atoms with Gasteiger partial charge in [-0.1, -0.05) is 44.2 Å². The normalized spacial score (nSPS) is 40.9. The first-order chi connectivity index (χ1) is 13.0. The number of carbonyl (C=O) groups is 1. The molecule has 0 aromatic heterocycles. The van der Waals surface area contributed by atoms with Crippen LogP contribution >= 0.6 is 0 Å². The zero-order valence-electron chi connectivity index (χ0n) is 16.4. The van der Waals surface area contributed by atoms with Crippen molar-refractivity contribution in [3.8, 4) is 0 Å². The zero-order chi connectivity index (χ0) is 19.0. The van der Waals surface area contributed by atoms with Crippen LogP contribution in [0, 0.1) is 23.7 Å². The van der Waals surface area contributed by atoms with E-state index in [1.165, 1.54) is 13.3 Å². The third-order valence-corrected chi connectivity index (χ3v) is 6.78. The topological polar surface area (TPSA) is 54.0 Å². The van der Waals surface area contributed by atoms with Gasteiger partial charge in [-0.2, -0.15) is 0 Å². The van der Waals surface area contributed by atoms with Crippen LogP contribution in [0.1, 0.15) is 45.6 Å². The molecule has 148 valence electrons. The largest absolute Gasteiger partial charge is 0.433 e.